The topological polar surface area (TPSA) is 40.9 Å². The van der Waals surface area contributed by atoms with Crippen molar-refractivity contribution in [3.8, 4) is 6.07 Å². The first-order chi connectivity index (χ1) is 10.2. The summed E-state index contributed by atoms with van der Waals surface area (Å²) in [6.07, 6.45) is 1.77. The number of benzene rings is 2. The van der Waals surface area contributed by atoms with E-state index in [0.29, 0.717) is 27.3 Å². The predicted octanol–water partition coefficient (Wildman–Crippen LogP) is 4.07. The Kier molecular flexibility index (Phi) is 3.59. The van der Waals surface area contributed by atoms with Gasteiger partial charge in [-0.1, -0.05) is 18.2 Å². The first-order valence-electron chi connectivity index (χ1n) is 6.36. The zero-order valence-corrected chi connectivity index (χ0v) is 11.8. The maximum Gasteiger partial charge on any atom is 0.191 e. The van der Waals surface area contributed by atoms with E-state index in [2.05, 4.69) is 6.07 Å². The Balaban J connectivity index is 2.00. The molecule has 4 heteroatoms. The highest BCUT2D eigenvalue weighted by Gasteiger charge is 2.24. The number of fused-ring (bicyclic) bond motifs is 1. The normalized spacial score (nSPS) is 15.6. The second kappa shape index (κ2) is 5.55. The summed E-state index contributed by atoms with van der Waals surface area (Å²) >= 11 is 1.33. The maximum absolute atomic E-state index is 13.7. The van der Waals surface area contributed by atoms with E-state index in [1.54, 1.807) is 36.4 Å². The molecule has 102 valence electrons. The molecule has 21 heavy (non-hydrogen) atoms. The number of ketones is 1. The summed E-state index contributed by atoms with van der Waals surface area (Å²) in [7, 11) is 0. The van der Waals surface area contributed by atoms with Gasteiger partial charge in [-0.2, -0.15) is 5.26 Å². The third-order valence-corrected chi connectivity index (χ3v) is 4.39. The molecule has 0 spiro atoms. The van der Waals surface area contributed by atoms with Gasteiger partial charge in [0.05, 0.1) is 16.5 Å². The average molecular weight is 295 g/mol. The van der Waals surface area contributed by atoms with E-state index in [0.717, 1.165) is 5.56 Å². The van der Waals surface area contributed by atoms with Crippen LogP contribution in [0.2, 0.25) is 0 Å². The first-order valence-corrected chi connectivity index (χ1v) is 7.34. The predicted molar refractivity (Wildman–Crippen MR) is 80.6 cm³/mol. The molecule has 1 aliphatic rings. The summed E-state index contributed by atoms with van der Waals surface area (Å²) in [5.41, 5.74) is 2.38. The number of nitrogens with zero attached hydrogens (tertiary/aromatic N) is 1. The first kappa shape index (κ1) is 13.6. The van der Waals surface area contributed by atoms with Crippen molar-refractivity contribution in [1.29, 1.82) is 5.26 Å². The van der Waals surface area contributed by atoms with Crippen LogP contribution in [0.25, 0.3) is 6.08 Å². The van der Waals surface area contributed by atoms with Crippen LogP contribution in [-0.2, 0) is 0 Å². The van der Waals surface area contributed by atoms with Crippen LogP contribution in [0.4, 0.5) is 4.39 Å². The Labute approximate surface area is 125 Å². The zero-order valence-electron chi connectivity index (χ0n) is 11.0. The molecule has 0 N–H and O–H groups in total. The molecule has 0 aliphatic carbocycles. The van der Waals surface area contributed by atoms with Gasteiger partial charge in [0.1, 0.15) is 5.82 Å². The highest BCUT2D eigenvalue weighted by Crippen LogP contribution is 2.35. The van der Waals surface area contributed by atoms with Crippen molar-refractivity contribution >= 4 is 23.6 Å². The lowest BCUT2D eigenvalue weighted by Gasteiger charge is -2.17. The van der Waals surface area contributed by atoms with E-state index < -0.39 is 0 Å². The lowest BCUT2D eigenvalue weighted by Crippen LogP contribution is -2.13. The molecule has 0 saturated heterocycles. The molecular formula is C17H10FNOS. The number of nitriles is 1. The minimum atomic E-state index is -0.351. The van der Waals surface area contributed by atoms with Gasteiger partial charge < -0.3 is 0 Å². The van der Waals surface area contributed by atoms with E-state index >= 15 is 0 Å². The average Bonchev–Trinajstić information content (AvgIpc) is 2.51. The van der Waals surface area contributed by atoms with Crippen LogP contribution in [0.3, 0.4) is 0 Å². The molecule has 2 aromatic carbocycles. The summed E-state index contributed by atoms with van der Waals surface area (Å²) in [4.78, 5) is 12.8. The Bertz CT molecular complexity index is 805. The van der Waals surface area contributed by atoms with Gasteiger partial charge in [-0.3, -0.25) is 4.79 Å². The van der Waals surface area contributed by atoms with Crippen molar-refractivity contribution in [1.82, 2.24) is 0 Å². The van der Waals surface area contributed by atoms with Gasteiger partial charge >= 0.3 is 0 Å². The van der Waals surface area contributed by atoms with Crippen LogP contribution in [-0.4, -0.2) is 11.5 Å². The molecule has 3 rings (SSSR count). The fraction of sp³-hybridized carbons (Fsp3) is 0.0588. The standard InChI is InChI=1S/C17H10FNOS/c18-15-6-2-5-14-16(20)13(10-21-17(14)15)8-11-3-1-4-12(7-11)9-19/h1-8H,10H2/b13-8-. The zero-order chi connectivity index (χ0) is 14.8. The third-order valence-electron chi connectivity index (χ3n) is 3.23. The van der Waals surface area contributed by atoms with E-state index in [1.165, 1.54) is 17.8 Å². The monoisotopic (exact) mass is 295 g/mol. The van der Waals surface area contributed by atoms with E-state index in [-0.39, 0.29) is 11.6 Å². The number of hydrogen-bond acceptors (Lipinski definition) is 3. The molecule has 0 atom stereocenters. The molecule has 0 unspecified atom stereocenters. The molecule has 1 aliphatic heterocycles. The second-order valence-electron chi connectivity index (χ2n) is 4.64. The largest absolute Gasteiger partial charge is 0.289 e. The van der Waals surface area contributed by atoms with Crippen LogP contribution in [0.1, 0.15) is 21.5 Å². The Hall–Kier alpha value is -2.38. The van der Waals surface area contributed by atoms with Gasteiger partial charge in [0.2, 0.25) is 0 Å². The van der Waals surface area contributed by atoms with Crippen LogP contribution in [0, 0.1) is 17.1 Å². The van der Waals surface area contributed by atoms with Gasteiger partial charge in [-0.05, 0) is 35.9 Å². The van der Waals surface area contributed by atoms with Crippen molar-refractivity contribution in [2.75, 3.05) is 5.75 Å². The van der Waals surface area contributed by atoms with E-state index in [4.69, 9.17) is 5.26 Å². The summed E-state index contributed by atoms with van der Waals surface area (Å²) in [5.74, 6) is -0.0641. The molecule has 0 aromatic heterocycles. The molecule has 0 saturated carbocycles. The minimum Gasteiger partial charge on any atom is -0.289 e. The van der Waals surface area contributed by atoms with Crippen LogP contribution >= 0.6 is 11.8 Å². The molecule has 1 heterocycles. The fourth-order valence-electron chi connectivity index (χ4n) is 2.23. The van der Waals surface area contributed by atoms with Crippen LogP contribution in [0.5, 0.6) is 0 Å². The van der Waals surface area contributed by atoms with Gasteiger partial charge in [-0.25, -0.2) is 4.39 Å². The summed E-state index contributed by atoms with van der Waals surface area (Å²) in [6.45, 7) is 0. The van der Waals surface area contributed by atoms with Gasteiger partial charge in [0, 0.05) is 16.9 Å². The molecule has 2 aromatic rings. The number of rotatable bonds is 1. The number of halogens is 1. The fourth-order valence-corrected chi connectivity index (χ4v) is 3.27. The van der Waals surface area contributed by atoms with E-state index in [1.807, 2.05) is 6.07 Å². The number of Topliss-reactive ketones (excluding diaryl/α,β-unsaturated/α-hetero) is 1. The van der Waals surface area contributed by atoms with Crippen LogP contribution in [0.15, 0.2) is 52.9 Å². The van der Waals surface area contributed by atoms with Crippen LogP contribution < -0.4 is 0 Å². The van der Waals surface area contributed by atoms with Crippen molar-refractivity contribution in [3.63, 3.8) is 0 Å². The van der Waals surface area contributed by atoms with Gasteiger partial charge in [0.25, 0.3) is 0 Å². The summed E-state index contributed by atoms with van der Waals surface area (Å²) < 4.78 is 13.7. The molecule has 0 bridgehead atoms. The van der Waals surface area contributed by atoms with Gasteiger partial charge in [-0.15, -0.1) is 11.8 Å². The molecule has 0 radical (unpaired) electrons. The number of carbonyl (C=O) groups excluding carboxylic acids is 1. The Morgan fingerprint density at radius 1 is 1.24 bits per heavy atom. The second-order valence-corrected chi connectivity index (χ2v) is 5.63. The lowest BCUT2D eigenvalue weighted by molar-refractivity contribution is 0.103. The minimum absolute atomic E-state index is 0.148. The summed E-state index contributed by atoms with van der Waals surface area (Å²) in [5, 5.41) is 8.90. The molecule has 2 nitrogen and oxygen atoms in total. The highest BCUT2D eigenvalue weighted by atomic mass is 32.2. The quantitative estimate of drug-likeness (QED) is 0.745. The third kappa shape index (κ3) is 2.61. The molecular weight excluding hydrogens is 285 g/mol. The van der Waals surface area contributed by atoms with Crippen molar-refractivity contribution in [2.45, 2.75) is 4.90 Å². The van der Waals surface area contributed by atoms with Crippen molar-refractivity contribution in [3.05, 3.63) is 70.5 Å². The lowest BCUT2D eigenvalue weighted by atomic mass is 10.0. The van der Waals surface area contributed by atoms with E-state index in [9.17, 15) is 9.18 Å². The maximum atomic E-state index is 13.7. The number of thioether (sulfide) groups is 1. The SMILES string of the molecule is N#Cc1cccc(/C=C2/CSc3c(F)cccc3C2=O)c1. The Morgan fingerprint density at radius 2 is 2.05 bits per heavy atom. The molecule has 0 fully saturated rings. The van der Waals surface area contributed by atoms with Gasteiger partial charge in [0.15, 0.2) is 5.78 Å². The summed E-state index contributed by atoms with van der Waals surface area (Å²) in [6, 6.07) is 13.7. The number of carbonyl (C=O) groups is 1. The van der Waals surface area contributed by atoms with Crippen molar-refractivity contribution < 1.29 is 9.18 Å². The smallest absolute Gasteiger partial charge is 0.191 e. The van der Waals surface area contributed by atoms with Crippen molar-refractivity contribution in [2.24, 2.45) is 0 Å². The highest BCUT2D eigenvalue weighted by molar-refractivity contribution is 7.99. The Morgan fingerprint density at radius 3 is 2.86 bits per heavy atom. The number of hydrogen-bond donors (Lipinski definition) is 0. The molecule has 0 amide bonds.